The molecule has 0 bridgehead atoms. The molecule has 2 N–H and O–H groups in total. The van der Waals surface area contributed by atoms with Crippen molar-refractivity contribution in [3.8, 4) is 0 Å². The van der Waals surface area contributed by atoms with Gasteiger partial charge in [0.1, 0.15) is 0 Å². The van der Waals surface area contributed by atoms with Crippen LogP contribution in [-0.2, 0) is 11.2 Å². The molecule has 98 valence electrons. The van der Waals surface area contributed by atoms with Crippen LogP contribution >= 0.6 is 11.3 Å². The number of hydrogen-bond donors (Lipinski definition) is 2. The molecular weight excluding hydrogens is 256 g/mol. The van der Waals surface area contributed by atoms with Crippen LogP contribution in [-0.4, -0.2) is 45.2 Å². The van der Waals surface area contributed by atoms with Gasteiger partial charge < -0.3 is 15.1 Å². The van der Waals surface area contributed by atoms with Crippen LogP contribution in [0.1, 0.15) is 28.6 Å². The average molecular weight is 270 g/mol. The first kappa shape index (κ1) is 12.8. The number of carbonyl (C=O) groups is 2. The van der Waals surface area contributed by atoms with E-state index in [0.29, 0.717) is 13.1 Å². The van der Waals surface area contributed by atoms with E-state index in [0.717, 1.165) is 22.7 Å². The normalized spacial score (nSPS) is 16.8. The number of likely N-dealkylation sites (tertiary alicyclic amines) is 1. The Morgan fingerprint density at radius 2 is 2.06 bits per heavy atom. The predicted molar refractivity (Wildman–Crippen MR) is 65.0 cm³/mol. The van der Waals surface area contributed by atoms with Crippen LogP contribution < -0.4 is 0 Å². The molecule has 1 amide bonds. The van der Waals surface area contributed by atoms with E-state index in [-0.39, 0.29) is 12.3 Å². The molecule has 0 atom stereocenters. The third-order valence-corrected chi connectivity index (χ3v) is 4.17. The highest BCUT2D eigenvalue weighted by Crippen LogP contribution is 2.31. The van der Waals surface area contributed by atoms with Crippen molar-refractivity contribution in [3.63, 3.8) is 0 Å². The molecule has 0 unspecified atom stereocenters. The average Bonchev–Trinajstić information content (AvgIpc) is 2.76. The van der Waals surface area contributed by atoms with E-state index in [1.807, 2.05) is 0 Å². The molecule has 7 heteroatoms. The Morgan fingerprint density at radius 3 is 2.61 bits per heavy atom. The van der Waals surface area contributed by atoms with Crippen LogP contribution in [0.25, 0.3) is 0 Å². The molecule has 2 heterocycles. The SMILES string of the molecule is O=C(O)Cc1cnc(C2CCN(C(=O)O)CC2)s1. The number of aromatic nitrogens is 1. The Balaban J connectivity index is 1.95. The molecule has 0 radical (unpaired) electrons. The Hall–Kier alpha value is -1.63. The van der Waals surface area contributed by atoms with Crippen LogP contribution in [0.5, 0.6) is 0 Å². The Bertz CT molecular complexity index is 452. The summed E-state index contributed by atoms with van der Waals surface area (Å²) < 4.78 is 0. The van der Waals surface area contributed by atoms with E-state index in [9.17, 15) is 9.59 Å². The maximum absolute atomic E-state index is 10.8. The summed E-state index contributed by atoms with van der Waals surface area (Å²) in [6.07, 6.45) is 2.25. The number of nitrogens with zero attached hydrogens (tertiary/aromatic N) is 2. The second kappa shape index (κ2) is 5.34. The second-order valence-electron chi connectivity index (χ2n) is 4.28. The number of aliphatic carboxylic acids is 1. The lowest BCUT2D eigenvalue weighted by molar-refractivity contribution is -0.136. The van der Waals surface area contributed by atoms with Crippen molar-refractivity contribution >= 4 is 23.4 Å². The molecule has 1 aliphatic heterocycles. The van der Waals surface area contributed by atoms with Crippen molar-refractivity contribution in [2.24, 2.45) is 0 Å². The third kappa shape index (κ3) is 2.98. The number of carboxylic acid groups (broad SMARTS) is 2. The molecule has 1 saturated heterocycles. The first-order valence-electron chi connectivity index (χ1n) is 5.70. The van der Waals surface area contributed by atoms with Gasteiger partial charge in [-0.15, -0.1) is 11.3 Å². The first-order chi connectivity index (χ1) is 8.56. The first-order valence-corrected chi connectivity index (χ1v) is 6.52. The minimum absolute atomic E-state index is 0.00559. The Labute approximate surface area is 108 Å². The Morgan fingerprint density at radius 1 is 1.39 bits per heavy atom. The molecule has 18 heavy (non-hydrogen) atoms. The van der Waals surface area contributed by atoms with Gasteiger partial charge in [0.25, 0.3) is 0 Å². The van der Waals surface area contributed by atoms with E-state index < -0.39 is 12.1 Å². The van der Waals surface area contributed by atoms with Gasteiger partial charge in [-0.05, 0) is 12.8 Å². The van der Waals surface area contributed by atoms with Crippen molar-refractivity contribution in [2.75, 3.05) is 13.1 Å². The van der Waals surface area contributed by atoms with Gasteiger partial charge in [-0.25, -0.2) is 9.78 Å². The summed E-state index contributed by atoms with van der Waals surface area (Å²) in [6, 6.07) is 0. The van der Waals surface area contributed by atoms with E-state index in [2.05, 4.69) is 4.98 Å². The predicted octanol–water partition coefficient (Wildman–Crippen LogP) is 1.63. The van der Waals surface area contributed by atoms with E-state index in [4.69, 9.17) is 10.2 Å². The number of piperidine rings is 1. The van der Waals surface area contributed by atoms with Crippen LogP contribution in [0.4, 0.5) is 4.79 Å². The summed E-state index contributed by atoms with van der Waals surface area (Å²) in [6.45, 7) is 1.04. The van der Waals surface area contributed by atoms with Crippen molar-refractivity contribution < 1.29 is 19.8 Å². The largest absolute Gasteiger partial charge is 0.481 e. The minimum atomic E-state index is -0.876. The lowest BCUT2D eigenvalue weighted by atomic mass is 9.98. The fraction of sp³-hybridized carbons (Fsp3) is 0.545. The lowest BCUT2D eigenvalue weighted by Crippen LogP contribution is -2.36. The van der Waals surface area contributed by atoms with Crippen LogP contribution in [0.15, 0.2) is 6.20 Å². The fourth-order valence-electron chi connectivity index (χ4n) is 2.06. The molecule has 0 spiro atoms. The van der Waals surface area contributed by atoms with Crippen molar-refractivity contribution in [3.05, 3.63) is 16.1 Å². The minimum Gasteiger partial charge on any atom is -0.481 e. The summed E-state index contributed by atoms with van der Waals surface area (Å²) in [5, 5.41) is 18.5. The van der Waals surface area contributed by atoms with Crippen LogP contribution in [0, 0.1) is 0 Å². The highest BCUT2D eigenvalue weighted by Gasteiger charge is 2.25. The van der Waals surface area contributed by atoms with Crippen molar-refractivity contribution in [1.29, 1.82) is 0 Å². The number of hydrogen-bond acceptors (Lipinski definition) is 4. The summed E-state index contributed by atoms with van der Waals surface area (Å²) in [7, 11) is 0. The standard InChI is InChI=1S/C11H14N2O4S/c14-9(15)5-8-6-12-10(18-8)7-1-3-13(4-2-7)11(16)17/h6-7H,1-5H2,(H,14,15)(H,16,17). The van der Waals surface area contributed by atoms with E-state index >= 15 is 0 Å². The van der Waals surface area contributed by atoms with Crippen molar-refractivity contribution in [2.45, 2.75) is 25.2 Å². The number of rotatable bonds is 3. The smallest absolute Gasteiger partial charge is 0.407 e. The molecule has 1 fully saturated rings. The number of amides is 1. The highest BCUT2D eigenvalue weighted by atomic mass is 32.1. The molecule has 0 saturated carbocycles. The van der Waals surface area contributed by atoms with Gasteiger partial charge in [-0.1, -0.05) is 0 Å². The van der Waals surface area contributed by atoms with Gasteiger partial charge in [0, 0.05) is 30.1 Å². The van der Waals surface area contributed by atoms with Crippen molar-refractivity contribution in [1.82, 2.24) is 9.88 Å². The van der Waals surface area contributed by atoms with Gasteiger partial charge in [0.05, 0.1) is 11.4 Å². The molecule has 6 nitrogen and oxygen atoms in total. The van der Waals surface area contributed by atoms with Gasteiger partial charge in [-0.3, -0.25) is 4.79 Å². The monoisotopic (exact) mass is 270 g/mol. The summed E-state index contributed by atoms with van der Waals surface area (Å²) >= 11 is 1.42. The van der Waals surface area contributed by atoms with Gasteiger partial charge in [-0.2, -0.15) is 0 Å². The summed E-state index contributed by atoms with van der Waals surface area (Å²) in [5.41, 5.74) is 0. The van der Waals surface area contributed by atoms with Gasteiger partial charge in [0.2, 0.25) is 0 Å². The van der Waals surface area contributed by atoms with Crippen LogP contribution in [0.2, 0.25) is 0 Å². The molecular formula is C11H14N2O4S. The van der Waals surface area contributed by atoms with E-state index in [1.54, 1.807) is 6.20 Å². The highest BCUT2D eigenvalue weighted by molar-refractivity contribution is 7.11. The van der Waals surface area contributed by atoms with Gasteiger partial charge >= 0.3 is 12.1 Å². The maximum atomic E-state index is 10.8. The molecule has 2 rings (SSSR count). The quantitative estimate of drug-likeness (QED) is 0.871. The summed E-state index contributed by atoms with van der Waals surface area (Å²) in [5.74, 6) is -0.598. The zero-order valence-electron chi connectivity index (χ0n) is 9.70. The zero-order chi connectivity index (χ0) is 13.1. The van der Waals surface area contributed by atoms with Crippen LogP contribution in [0.3, 0.4) is 0 Å². The molecule has 1 aromatic rings. The fourth-order valence-corrected chi connectivity index (χ4v) is 3.14. The number of thiazole rings is 1. The molecule has 0 aromatic carbocycles. The second-order valence-corrected chi connectivity index (χ2v) is 5.43. The zero-order valence-corrected chi connectivity index (χ0v) is 10.5. The lowest BCUT2D eigenvalue weighted by Gasteiger charge is -2.28. The topological polar surface area (TPSA) is 90.7 Å². The van der Waals surface area contributed by atoms with E-state index in [1.165, 1.54) is 16.2 Å². The van der Waals surface area contributed by atoms with Gasteiger partial charge in [0.15, 0.2) is 0 Å². The third-order valence-electron chi connectivity index (χ3n) is 3.01. The molecule has 1 aromatic heterocycles. The molecule has 1 aliphatic rings. The number of carboxylic acids is 1. The summed E-state index contributed by atoms with van der Waals surface area (Å²) in [4.78, 5) is 27.8. The molecule has 0 aliphatic carbocycles. The maximum Gasteiger partial charge on any atom is 0.407 e. The Kier molecular flexibility index (Phi) is 3.81.